The van der Waals surface area contributed by atoms with E-state index in [1.807, 2.05) is 4.90 Å². The van der Waals surface area contributed by atoms with Crippen LogP contribution in [0.4, 0.5) is 4.39 Å². The van der Waals surface area contributed by atoms with Gasteiger partial charge in [0.15, 0.2) is 0 Å². The van der Waals surface area contributed by atoms with Crippen LogP contribution >= 0.6 is 11.6 Å². The van der Waals surface area contributed by atoms with Crippen LogP contribution < -0.4 is 5.32 Å². The Morgan fingerprint density at radius 3 is 3.05 bits per heavy atom. The van der Waals surface area contributed by atoms with Crippen molar-refractivity contribution in [1.29, 1.82) is 0 Å². The van der Waals surface area contributed by atoms with E-state index in [9.17, 15) is 9.18 Å². The van der Waals surface area contributed by atoms with Gasteiger partial charge >= 0.3 is 0 Å². The Morgan fingerprint density at radius 2 is 2.25 bits per heavy atom. The van der Waals surface area contributed by atoms with Crippen LogP contribution in [0.1, 0.15) is 24.8 Å². The lowest BCUT2D eigenvalue weighted by molar-refractivity contribution is -0.140. The van der Waals surface area contributed by atoms with Crippen molar-refractivity contribution in [3.05, 3.63) is 34.6 Å². The number of hydrogen-bond acceptors (Lipinski definition) is 2. The molecule has 1 aromatic rings. The summed E-state index contributed by atoms with van der Waals surface area (Å²) in [5, 5.41) is 3.79. The Labute approximate surface area is 123 Å². The molecule has 0 saturated carbocycles. The summed E-state index contributed by atoms with van der Waals surface area (Å²) in [5.74, 6) is 0.373. The van der Waals surface area contributed by atoms with Crippen LogP contribution in [0.3, 0.4) is 0 Å². The van der Waals surface area contributed by atoms with Crippen LogP contribution in [0.15, 0.2) is 18.2 Å². The fourth-order valence-electron chi connectivity index (χ4n) is 3.29. The molecule has 2 fully saturated rings. The second-order valence-electron chi connectivity index (χ2n) is 5.62. The zero-order valence-electron chi connectivity index (χ0n) is 11.2. The molecule has 108 valence electrons. The van der Waals surface area contributed by atoms with Gasteiger partial charge in [-0.25, -0.2) is 4.39 Å². The third-order valence-electron chi connectivity index (χ3n) is 4.37. The predicted octanol–water partition coefficient (Wildman–Crippen LogP) is 2.58. The van der Waals surface area contributed by atoms with Gasteiger partial charge in [0.2, 0.25) is 5.91 Å². The molecule has 1 N–H and O–H groups in total. The molecule has 1 aromatic carbocycles. The predicted molar refractivity (Wildman–Crippen MR) is 76.0 cm³/mol. The number of nitrogens with one attached hydrogen (secondary N) is 1. The number of piperidine rings is 2. The van der Waals surface area contributed by atoms with Gasteiger partial charge in [-0.3, -0.25) is 4.79 Å². The molecule has 2 unspecified atom stereocenters. The smallest absolute Gasteiger partial charge is 0.223 e. The third-order valence-corrected chi connectivity index (χ3v) is 4.72. The summed E-state index contributed by atoms with van der Waals surface area (Å²) in [4.78, 5) is 14.2. The minimum absolute atomic E-state index is 0.188. The number of likely N-dealkylation sites (tertiary alicyclic amines) is 1. The number of benzene rings is 1. The summed E-state index contributed by atoms with van der Waals surface area (Å²) >= 11 is 6.08. The molecule has 0 radical (unpaired) electrons. The van der Waals surface area contributed by atoms with E-state index in [4.69, 9.17) is 11.6 Å². The lowest BCUT2D eigenvalue weighted by Gasteiger charge is -2.44. The summed E-state index contributed by atoms with van der Waals surface area (Å²) in [6.45, 7) is 2.41. The van der Waals surface area contributed by atoms with E-state index in [-0.39, 0.29) is 11.7 Å². The Morgan fingerprint density at radius 1 is 1.40 bits per heavy atom. The van der Waals surface area contributed by atoms with Crippen LogP contribution in [-0.4, -0.2) is 29.9 Å². The number of rotatable bonds is 2. The first-order chi connectivity index (χ1) is 9.65. The summed E-state index contributed by atoms with van der Waals surface area (Å²) < 4.78 is 13.1. The van der Waals surface area contributed by atoms with E-state index in [1.165, 1.54) is 12.1 Å². The Balaban J connectivity index is 1.81. The van der Waals surface area contributed by atoms with E-state index in [0.717, 1.165) is 31.5 Å². The zero-order valence-corrected chi connectivity index (χ0v) is 12.0. The van der Waals surface area contributed by atoms with Crippen molar-refractivity contribution in [2.45, 2.75) is 31.8 Å². The lowest BCUT2D eigenvalue weighted by atomic mass is 9.84. The molecular weight excluding hydrogens is 279 g/mol. The average Bonchev–Trinajstić information content (AvgIpc) is 2.44. The molecule has 0 aromatic heterocycles. The number of carbonyl (C=O) groups is 1. The molecule has 2 heterocycles. The first-order valence-electron chi connectivity index (χ1n) is 7.09. The average molecular weight is 297 g/mol. The molecule has 5 heteroatoms. The van der Waals surface area contributed by atoms with E-state index in [1.54, 1.807) is 6.07 Å². The fourth-order valence-corrected chi connectivity index (χ4v) is 3.52. The lowest BCUT2D eigenvalue weighted by Crippen LogP contribution is -2.54. The van der Waals surface area contributed by atoms with Gasteiger partial charge in [-0.2, -0.15) is 0 Å². The molecule has 0 spiro atoms. The maximum Gasteiger partial charge on any atom is 0.223 e. The number of hydrogen-bond donors (Lipinski definition) is 1. The van der Waals surface area contributed by atoms with Crippen molar-refractivity contribution >= 4 is 17.5 Å². The zero-order chi connectivity index (χ0) is 14.1. The van der Waals surface area contributed by atoms with Crippen LogP contribution in [0.25, 0.3) is 0 Å². The van der Waals surface area contributed by atoms with Gasteiger partial charge in [-0.05, 0) is 49.5 Å². The molecule has 20 heavy (non-hydrogen) atoms. The largest absolute Gasteiger partial charge is 0.335 e. The second kappa shape index (κ2) is 5.70. The van der Waals surface area contributed by atoms with E-state index < -0.39 is 0 Å². The SMILES string of the molecule is O=C1CCC2CNCCC2N1Cc1ccc(F)cc1Cl. The molecule has 2 saturated heterocycles. The maximum atomic E-state index is 13.1. The van der Waals surface area contributed by atoms with Gasteiger partial charge in [-0.15, -0.1) is 0 Å². The van der Waals surface area contributed by atoms with Crippen molar-refractivity contribution in [2.24, 2.45) is 5.92 Å². The minimum atomic E-state index is -0.344. The summed E-state index contributed by atoms with van der Waals surface area (Å²) in [5.41, 5.74) is 0.820. The van der Waals surface area contributed by atoms with Crippen LogP contribution in [-0.2, 0) is 11.3 Å². The molecule has 0 aliphatic carbocycles. The molecule has 0 bridgehead atoms. The van der Waals surface area contributed by atoms with E-state index in [2.05, 4.69) is 5.32 Å². The highest BCUT2D eigenvalue weighted by atomic mass is 35.5. The Hall–Kier alpha value is -1.13. The monoisotopic (exact) mass is 296 g/mol. The van der Waals surface area contributed by atoms with Crippen LogP contribution in [0.5, 0.6) is 0 Å². The van der Waals surface area contributed by atoms with E-state index in [0.29, 0.717) is 29.9 Å². The molecule has 2 aliphatic rings. The molecule has 2 atom stereocenters. The van der Waals surface area contributed by atoms with Crippen molar-refractivity contribution < 1.29 is 9.18 Å². The third kappa shape index (κ3) is 2.67. The molecule has 3 nitrogen and oxygen atoms in total. The topological polar surface area (TPSA) is 32.3 Å². The van der Waals surface area contributed by atoms with Crippen molar-refractivity contribution in [3.63, 3.8) is 0 Å². The van der Waals surface area contributed by atoms with Crippen molar-refractivity contribution in [2.75, 3.05) is 13.1 Å². The standard InChI is InChI=1S/C15H18ClFN2O/c16-13-7-12(17)3-1-11(13)9-19-14-5-6-18-8-10(14)2-4-15(19)20/h1,3,7,10,14,18H,2,4-6,8-9H2. The highest BCUT2D eigenvalue weighted by Gasteiger charge is 2.37. The van der Waals surface area contributed by atoms with Gasteiger partial charge in [-0.1, -0.05) is 17.7 Å². The van der Waals surface area contributed by atoms with E-state index >= 15 is 0 Å². The fraction of sp³-hybridized carbons (Fsp3) is 0.533. The first kappa shape index (κ1) is 13.8. The number of carbonyl (C=O) groups excluding carboxylic acids is 1. The van der Waals surface area contributed by atoms with Gasteiger partial charge in [0.25, 0.3) is 0 Å². The normalized spacial score (nSPS) is 26.5. The number of amides is 1. The van der Waals surface area contributed by atoms with Gasteiger partial charge in [0, 0.05) is 24.0 Å². The van der Waals surface area contributed by atoms with Crippen LogP contribution in [0.2, 0.25) is 5.02 Å². The summed E-state index contributed by atoms with van der Waals surface area (Å²) in [6, 6.07) is 4.68. The maximum absolute atomic E-state index is 13.1. The quantitative estimate of drug-likeness (QED) is 0.910. The molecule has 1 amide bonds. The first-order valence-corrected chi connectivity index (χ1v) is 7.47. The van der Waals surface area contributed by atoms with Crippen LogP contribution in [0, 0.1) is 11.7 Å². The highest BCUT2D eigenvalue weighted by molar-refractivity contribution is 6.31. The Kier molecular flexibility index (Phi) is 3.94. The van der Waals surface area contributed by atoms with Crippen molar-refractivity contribution in [1.82, 2.24) is 10.2 Å². The number of nitrogens with zero attached hydrogens (tertiary/aromatic N) is 1. The summed E-state index contributed by atoms with van der Waals surface area (Å²) in [6.07, 6.45) is 2.54. The van der Waals surface area contributed by atoms with Gasteiger partial charge < -0.3 is 10.2 Å². The van der Waals surface area contributed by atoms with Gasteiger partial charge in [0.05, 0.1) is 0 Å². The van der Waals surface area contributed by atoms with Crippen molar-refractivity contribution in [3.8, 4) is 0 Å². The number of halogens is 2. The minimum Gasteiger partial charge on any atom is -0.335 e. The Bertz CT molecular complexity index is 523. The summed E-state index contributed by atoms with van der Waals surface area (Å²) in [7, 11) is 0. The molecule has 3 rings (SSSR count). The number of fused-ring (bicyclic) bond motifs is 1. The molecule has 2 aliphatic heterocycles. The second-order valence-corrected chi connectivity index (χ2v) is 6.02. The highest BCUT2D eigenvalue weighted by Crippen LogP contribution is 2.31. The molecular formula is C15H18ClFN2O. The van der Waals surface area contributed by atoms with Gasteiger partial charge in [0.1, 0.15) is 5.82 Å².